The van der Waals surface area contributed by atoms with Gasteiger partial charge in [0, 0.05) is 18.7 Å². The molecule has 3 rings (SSSR count). The van der Waals surface area contributed by atoms with Gasteiger partial charge in [0.15, 0.2) is 12.4 Å². The summed E-state index contributed by atoms with van der Waals surface area (Å²) in [5, 5.41) is 13.1. The lowest BCUT2D eigenvalue weighted by atomic mass is 10.1. The summed E-state index contributed by atoms with van der Waals surface area (Å²) in [6, 6.07) is 17.5. The number of carboxylic acids is 1. The van der Waals surface area contributed by atoms with Gasteiger partial charge in [-0.1, -0.05) is 30.3 Å². The molecule has 0 spiro atoms. The summed E-state index contributed by atoms with van der Waals surface area (Å²) in [6.07, 6.45) is 0. The molecule has 26 heavy (non-hydrogen) atoms. The van der Waals surface area contributed by atoms with Crippen LogP contribution in [0.4, 0.5) is 0 Å². The molecule has 7 heteroatoms. The maximum absolute atomic E-state index is 11.9. The third-order valence-electron chi connectivity index (χ3n) is 3.52. The molecule has 3 aromatic rings. The van der Waals surface area contributed by atoms with E-state index in [0.717, 1.165) is 4.68 Å². The number of carboxylic acid groups (broad SMARTS) is 1. The quantitative estimate of drug-likeness (QED) is 0.733. The Morgan fingerprint density at radius 2 is 1.77 bits per heavy atom. The van der Waals surface area contributed by atoms with E-state index in [1.54, 1.807) is 18.2 Å². The minimum absolute atomic E-state index is 0.0830. The van der Waals surface area contributed by atoms with Gasteiger partial charge in [-0.05, 0) is 24.3 Å². The highest BCUT2D eigenvalue weighted by molar-refractivity contribution is 5.73. The number of para-hydroxylation sites is 2. The van der Waals surface area contributed by atoms with E-state index in [1.165, 1.54) is 13.1 Å². The average Bonchev–Trinajstić information content (AvgIpc) is 2.64. The van der Waals surface area contributed by atoms with E-state index in [1.807, 2.05) is 36.4 Å². The van der Waals surface area contributed by atoms with E-state index >= 15 is 0 Å². The molecule has 132 valence electrons. The number of aryl methyl sites for hydroxylation is 1. The Bertz CT molecular complexity index is 983. The SMILES string of the molecule is Cn1nc(-c2ccccc2Oc2ccccc2)c(OCC(=O)O)cc1=O. The molecule has 0 aliphatic carbocycles. The van der Waals surface area contributed by atoms with Crippen molar-refractivity contribution in [1.82, 2.24) is 9.78 Å². The molecule has 7 nitrogen and oxygen atoms in total. The standard InChI is InChI=1S/C19H16N2O5/c1-21-17(22)11-16(25-12-18(23)24)19(20-21)14-9-5-6-10-15(14)26-13-7-3-2-4-8-13/h2-11H,12H2,1H3,(H,23,24). The minimum Gasteiger partial charge on any atom is -0.479 e. The van der Waals surface area contributed by atoms with E-state index in [9.17, 15) is 9.59 Å². The first-order valence-corrected chi connectivity index (χ1v) is 7.80. The second kappa shape index (κ2) is 7.52. The molecule has 0 bridgehead atoms. The molecule has 0 amide bonds. The Labute approximate surface area is 149 Å². The fourth-order valence-corrected chi connectivity index (χ4v) is 2.33. The van der Waals surface area contributed by atoms with Gasteiger partial charge in [0.1, 0.15) is 17.2 Å². The van der Waals surface area contributed by atoms with Gasteiger partial charge in [0.25, 0.3) is 5.56 Å². The molecule has 0 unspecified atom stereocenters. The van der Waals surface area contributed by atoms with Crippen LogP contribution in [-0.2, 0) is 11.8 Å². The van der Waals surface area contributed by atoms with Crippen LogP contribution in [0.2, 0.25) is 0 Å². The minimum atomic E-state index is -1.15. The molecule has 0 radical (unpaired) electrons. The summed E-state index contributed by atoms with van der Waals surface area (Å²) in [4.78, 5) is 22.7. The Morgan fingerprint density at radius 1 is 1.08 bits per heavy atom. The summed E-state index contributed by atoms with van der Waals surface area (Å²) >= 11 is 0. The highest BCUT2D eigenvalue weighted by atomic mass is 16.5. The number of aromatic nitrogens is 2. The first kappa shape index (κ1) is 17.2. The summed E-state index contributed by atoms with van der Waals surface area (Å²) in [7, 11) is 1.51. The summed E-state index contributed by atoms with van der Waals surface area (Å²) in [6.45, 7) is -0.580. The number of rotatable bonds is 6. The van der Waals surface area contributed by atoms with Gasteiger partial charge in [-0.25, -0.2) is 9.48 Å². The molecule has 0 aliphatic rings. The van der Waals surface area contributed by atoms with Crippen LogP contribution >= 0.6 is 0 Å². The smallest absolute Gasteiger partial charge is 0.341 e. The highest BCUT2D eigenvalue weighted by Crippen LogP contribution is 2.36. The van der Waals surface area contributed by atoms with Crippen molar-refractivity contribution in [3.05, 3.63) is 71.0 Å². The van der Waals surface area contributed by atoms with Crippen LogP contribution in [0.25, 0.3) is 11.3 Å². The second-order valence-electron chi connectivity index (χ2n) is 5.41. The van der Waals surface area contributed by atoms with Crippen molar-refractivity contribution < 1.29 is 19.4 Å². The van der Waals surface area contributed by atoms with Gasteiger partial charge in [-0.3, -0.25) is 4.79 Å². The van der Waals surface area contributed by atoms with E-state index in [0.29, 0.717) is 22.8 Å². The van der Waals surface area contributed by atoms with Crippen LogP contribution in [-0.4, -0.2) is 27.5 Å². The van der Waals surface area contributed by atoms with Crippen molar-refractivity contribution in [2.24, 2.45) is 7.05 Å². The Hall–Kier alpha value is -3.61. The topological polar surface area (TPSA) is 90.7 Å². The van der Waals surface area contributed by atoms with Gasteiger partial charge >= 0.3 is 5.97 Å². The predicted molar refractivity (Wildman–Crippen MR) is 94.6 cm³/mol. The molecule has 1 aromatic heterocycles. The summed E-state index contributed by atoms with van der Waals surface area (Å²) in [5.74, 6) is 0.0767. The summed E-state index contributed by atoms with van der Waals surface area (Å²) < 4.78 is 12.3. The fraction of sp³-hybridized carbons (Fsp3) is 0.105. The van der Waals surface area contributed by atoms with Crippen LogP contribution < -0.4 is 15.0 Å². The molecule has 0 atom stereocenters. The molecular weight excluding hydrogens is 336 g/mol. The van der Waals surface area contributed by atoms with Gasteiger partial charge < -0.3 is 14.6 Å². The van der Waals surface area contributed by atoms with E-state index < -0.39 is 18.1 Å². The largest absolute Gasteiger partial charge is 0.479 e. The number of hydrogen-bond donors (Lipinski definition) is 1. The molecule has 1 N–H and O–H groups in total. The first-order chi connectivity index (χ1) is 12.5. The maximum Gasteiger partial charge on any atom is 0.341 e. The molecule has 0 aliphatic heterocycles. The molecule has 1 heterocycles. The van der Waals surface area contributed by atoms with Crippen molar-refractivity contribution in [1.29, 1.82) is 0 Å². The lowest BCUT2D eigenvalue weighted by molar-refractivity contribution is -0.139. The number of nitrogens with zero attached hydrogens (tertiary/aromatic N) is 2. The van der Waals surface area contributed by atoms with Crippen molar-refractivity contribution in [3.8, 4) is 28.5 Å². The normalized spacial score (nSPS) is 10.3. The van der Waals surface area contributed by atoms with Crippen LogP contribution in [0.5, 0.6) is 17.2 Å². The van der Waals surface area contributed by atoms with Crippen LogP contribution in [0, 0.1) is 0 Å². The van der Waals surface area contributed by atoms with Crippen LogP contribution in [0.15, 0.2) is 65.5 Å². The number of hydrogen-bond acceptors (Lipinski definition) is 5. The average molecular weight is 352 g/mol. The summed E-state index contributed by atoms with van der Waals surface area (Å²) in [5.41, 5.74) is 0.489. The van der Waals surface area contributed by atoms with Crippen molar-refractivity contribution in [2.75, 3.05) is 6.61 Å². The number of ether oxygens (including phenoxy) is 2. The van der Waals surface area contributed by atoms with Crippen LogP contribution in [0.1, 0.15) is 0 Å². The zero-order chi connectivity index (χ0) is 18.5. The third-order valence-corrected chi connectivity index (χ3v) is 3.52. The molecule has 0 fully saturated rings. The molecule has 2 aromatic carbocycles. The Balaban J connectivity index is 2.07. The first-order valence-electron chi connectivity index (χ1n) is 7.80. The molecule has 0 saturated heterocycles. The zero-order valence-corrected chi connectivity index (χ0v) is 14.0. The number of carbonyl (C=O) groups is 1. The number of aliphatic carboxylic acids is 1. The monoisotopic (exact) mass is 352 g/mol. The Kier molecular flexibility index (Phi) is 4.98. The van der Waals surface area contributed by atoms with E-state index in [4.69, 9.17) is 14.6 Å². The lowest BCUT2D eigenvalue weighted by Crippen LogP contribution is -2.21. The van der Waals surface area contributed by atoms with E-state index in [2.05, 4.69) is 5.10 Å². The lowest BCUT2D eigenvalue weighted by Gasteiger charge is -2.14. The zero-order valence-electron chi connectivity index (χ0n) is 14.0. The second-order valence-corrected chi connectivity index (χ2v) is 5.41. The van der Waals surface area contributed by atoms with Gasteiger partial charge in [-0.15, -0.1) is 0 Å². The van der Waals surface area contributed by atoms with Gasteiger partial charge in [0.2, 0.25) is 0 Å². The van der Waals surface area contributed by atoms with Gasteiger partial charge in [0.05, 0.1) is 0 Å². The fourth-order valence-electron chi connectivity index (χ4n) is 2.33. The third kappa shape index (κ3) is 3.89. The van der Waals surface area contributed by atoms with Crippen molar-refractivity contribution in [3.63, 3.8) is 0 Å². The molecule has 0 saturated carbocycles. The Morgan fingerprint density at radius 3 is 2.50 bits per heavy atom. The van der Waals surface area contributed by atoms with Gasteiger partial charge in [-0.2, -0.15) is 5.10 Å². The van der Waals surface area contributed by atoms with Crippen LogP contribution in [0.3, 0.4) is 0 Å². The number of benzene rings is 2. The van der Waals surface area contributed by atoms with E-state index in [-0.39, 0.29) is 5.75 Å². The maximum atomic E-state index is 11.9. The predicted octanol–water partition coefficient (Wildman–Crippen LogP) is 2.70. The highest BCUT2D eigenvalue weighted by Gasteiger charge is 2.17. The van der Waals surface area contributed by atoms with Crippen molar-refractivity contribution >= 4 is 5.97 Å². The van der Waals surface area contributed by atoms with Crippen molar-refractivity contribution in [2.45, 2.75) is 0 Å². The molecular formula is C19H16N2O5.